The molecule has 0 radical (unpaired) electrons. The number of rotatable bonds is 19. The third-order valence-electron chi connectivity index (χ3n) is 8.74. The molecule has 0 aliphatic rings. The van der Waals surface area contributed by atoms with Crippen LogP contribution in [0.1, 0.15) is 78.4 Å². The van der Waals surface area contributed by atoms with Gasteiger partial charge in [0.05, 0.1) is 6.42 Å². The van der Waals surface area contributed by atoms with Crippen LogP contribution in [-0.4, -0.2) is 69.9 Å². The van der Waals surface area contributed by atoms with Crippen LogP contribution in [0.4, 0.5) is 5.69 Å². The zero-order chi connectivity index (χ0) is 41.0. The van der Waals surface area contributed by atoms with Gasteiger partial charge in [0.25, 0.3) is 0 Å². The number of anilines is 1. The third kappa shape index (κ3) is 13.9. The van der Waals surface area contributed by atoms with Crippen molar-refractivity contribution in [1.29, 1.82) is 0 Å². The van der Waals surface area contributed by atoms with Crippen molar-refractivity contribution in [1.82, 2.24) is 21.3 Å². The molecule has 0 saturated carbocycles. The Hall–Kier alpha value is -5.73. The minimum Gasteiger partial charge on any atom is -0.508 e. The number of aromatic hydroxyl groups is 1. The number of hydrogen-bond donors (Lipinski definition) is 7. The number of aryl methyl sites for hydroxylation is 1. The Balaban J connectivity index is 1.83. The summed E-state index contributed by atoms with van der Waals surface area (Å²) in [6.07, 6.45) is -0.277. The van der Waals surface area contributed by atoms with Crippen molar-refractivity contribution >= 4 is 52.2 Å². The number of carboxylic acid groups (broad SMARTS) is 1. The highest BCUT2D eigenvalue weighted by atomic mass is 16.4. The number of phenols is 1. The van der Waals surface area contributed by atoms with Crippen LogP contribution in [0, 0.1) is 24.7 Å². The van der Waals surface area contributed by atoms with E-state index in [2.05, 4.69) is 26.6 Å². The van der Waals surface area contributed by atoms with Crippen molar-refractivity contribution in [2.45, 2.75) is 105 Å². The van der Waals surface area contributed by atoms with E-state index < -0.39 is 77.6 Å². The summed E-state index contributed by atoms with van der Waals surface area (Å²) in [4.78, 5) is 90.4. The number of carbonyl (C=O) groups is 6. The van der Waals surface area contributed by atoms with Gasteiger partial charge in [-0.15, -0.1) is 0 Å². The molecule has 0 unspecified atom stereocenters. The van der Waals surface area contributed by atoms with Crippen LogP contribution in [0.3, 0.4) is 0 Å². The minimum atomic E-state index is -1.16. The summed E-state index contributed by atoms with van der Waals surface area (Å²) in [6, 6.07) is 7.89. The van der Waals surface area contributed by atoms with Gasteiger partial charge in [0.1, 0.15) is 35.5 Å². The largest absolute Gasteiger partial charge is 0.508 e. The molecule has 1 heterocycles. The number of nitrogens with one attached hydrogen (secondary N) is 5. The van der Waals surface area contributed by atoms with E-state index in [-0.39, 0.29) is 48.9 Å². The molecular formula is C40H53N5O10. The highest BCUT2D eigenvalue weighted by Gasteiger charge is 2.33. The lowest BCUT2D eigenvalue weighted by Gasteiger charge is -2.29. The summed E-state index contributed by atoms with van der Waals surface area (Å²) in [6.45, 7) is 12.6. The summed E-state index contributed by atoms with van der Waals surface area (Å²) in [5.41, 5.74) is 1.36. The van der Waals surface area contributed by atoms with E-state index in [1.54, 1.807) is 45.0 Å². The van der Waals surface area contributed by atoms with Crippen molar-refractivity contribution in [2.24, 2.45) is 17.8 Å². The van der Waals surface area contributed by atoms with Crippen LogP contribution in [0.2, 0.25) is 0 Å². The molecule has 5 amide bonds. The van der Waals surface area contributed by atoms with Crippen molar-refractivity contribution in [3.8, 4) is 5.75 Å². The SMILES string of the molecule is Cc1cc(=O)oc2cc(NC(=O)[C@H](Cc3ccc(O)cc3)NC(=O)[C@@H](NC(=O)[C@H](CC(C)C)NC(=O)[C@H](CC(C)C)NC(=O)CCC(=O)O)C(C)C)ccc12. The number of carbonyl (C=O) groups excluding carboxylic acids is 5. The van der Waals surface area contributed by atoms with Gasteiger partial charge in [-0.05, 0) is 72.9 Å². The van der Waals surface area contributed by atoms with Crippen molar-refractivity contribution in [3.05, 3.63) is 70.1 Å². The summed E-state index contributed by atoms with van der Waals surface area (Å²) in [5, 5.41) is 33.0. The van der Waals surface area contributed by atoms with E-state index >= 15 is 0 Å². The standard InChI is InChI=1S/C40H53N5O10/c1-21(2)16-29(42-33(47)14-15-34(48)49)38(52)43-30(17-22(3)4)39(53)45-36(23(5)6)40(54)44-31(19-25-8-11-27(46)12-9-25)37(51)41-26-10-13-28-24(7)18-35(50)55-32(28)20-26/h8-13,18,20-23,29-31,36,46H,14-17,19H2,1-7H3,(H,41,51)(H,42,47)(H,43,52)(H,44,54)(H,45,53)(H,48,49)/t29-,30-,31-,36-/m0/s1. The van der Waals surface area contributed by atoms with Crippen LogP contribution in [-0.2, 0) is 35.2 Å². The first-order valence-electron chi connectivity index (χ1n) is 18.4. The van der Waals surface area contributed by atoms with E-state index in [1.165, 1.54) is 24.3 Å². The molecule has 0 fully saturated rings. The molecule has 4 atom stereocenters. The molecule has 3 aromatic rings. The number of hydrogen-bond acceptors (Lipinski definition) is 9. The second kappa shape index (κ2) is 20.1. The lowest BCUT2D eigenvalue weighted by atomic mass is 9.98. The van der Waals surface area contributed by atoms with Crippen LogP contribution < -0.4 is 32.2 Å². The summed E-state index contributed by atoms with van der Waals surface area (Å²) in [7, 11) is 0. The predicted octanol–water partition coefficient (Wildman–Crippen LogP) is 3.54. The van der Waals surface area contributed by atoms with E-state index in [0.717, 1.165) is 0 Å². The summed E-state index contributed by atoms with van der Waals surface area (Å²) >= 11 is 0. The molecule has 0 bridgehead atoms. The maximum Gasteiger partial charge on any atom is 0.336 e. The smallest absolute Gasteiger partial charge is 0.336 e. The third-order valence-corrected chi connectivity index (χ3v) is 8.74. The molecule has 15 nitrogen and oxygen atoms in total. The number of aliphatic carboxylic acids is 1. The highest BCUT2D eigenvalue weighted by molar-refractivity contribution is 6.00. The van der Waals surface area contributed by atoms with Crippen molar-refractivity contribution in [2.75, 3.05) is 5.32 Å². The number of benzene rings is 2. The molecule has 55 heavy (non-hydrogen) atoms. The van der Waals surface area contributed by atoms with Crippen LogP contribution in [0.25, 0.3) is 11.0 Å². The number of phenolic OH excluding ortho intramolecular Hbond substituents is 1. The number of amides is 5. The van der Waals surface area contributed by atoms with Gasteiger partial charge in [-0.25, -0.2) is 4.79 Å². The van der Waals surface area contributed by atoms with Crippen molar-refractivity contribution < 1.29 is 43.4 Å². The van der Waals surface area contributed by atoms with Crippen LogP contribution in [0.5, 0.6) is 5.75 Å². The quantitative estimate of drug-likeness (QED) is 0.0878. The molecule has 15 heteroatoms. The summed E-state index contributed by atoms with van der Waals surface area (Å²) in [5.74, 6) is -4.85. The fourth-order valence-electron chi connectivity index (χ4n) is 5.92. The molecule has 3 rings (SSSR count). The zero-order valence-corrected chi connectivity index (χ0v) is 32.4. The topological polar surface area (TPSA) is 233 Å². The fraction of sp³-hybridized carbons (Fsp3) is 0.475. The molecule has 0 aliphatic carbocycles. The average molecular weight is 764 g/mol. The molecule has 0 saturated heterocycles. The Bertz CT molecular complexity index is 1900. The van der Waals surface area contributed by atoms with Gasteiger partial charge in [0, 0.05) is 36.0 Å². The maximum atomic E-state index is 13.9. The highest BCUT2D eigenvalue weighted by Crippen LogP contribution is 2.21. The Morgan fingerprint density at radius 1 is 0.691 bits per heavy atom. The van der Waals surface area contributed by atoms with Gasteiger partial charge < -0.3 is 41.2 Å². The zero-order valence-electron chi connectivity index (χ0n) is 32.4. The molecule has 298 valence electrons. The Morgan fingerprint density at radius 2 is 1.27 bits per heavy atom. The summed E-state index contributed by atoms with van der Waals surface area (Å²) < 4.78 is 5.32. The first-order valence-corrected chi connectivity index (χ1v) is 18.4. The van der Waals surface area contributed by atoms with Gasteiger partial charge in [-0.1, -0.05) is 53.7 Å². The van der Waals surface area contributed by atoms with Crippen LogP contribution in [0.15, 0.2) is 57.7 Å². The fourth-order valence-corrected chi connectivity index (χ4v) is 5.92. The monoisotopic (exact) mass is 763 g/mol. The van der Waals surface area contributed by atoms with Crippen LogP contribution >= 0.6 is 0 Å². The normalized spacial score (nSPS) is 13.5. The lowest BCUT2D eigenvalue weighted by Crippen LogP contribution is -2.59. The van der Waals surface area contributed by atoms with E-state index in [0.29, 0.717) is 22.2 Å². The van der Waals surface area contributed by atoms with Gasteiger partial charge >= 0.3 is 11.6 Å². The number of fused-ring (bicyclic) bond motifs is 1. The molecule has 2 aromatic carbocycles. The Labute approximate surface area is 320 Å². The first kappa shape index (κ1) is 43.7. The maximum absolute atomic E-state index is 13.9. The van der Waals surface area contributed by atoms with E-state index in [9.17, 15) is 38.7 Å². The van der Waals surface area contributed by atoms with Gasteiger partial charge in [-0.3, -0.25) is 28.8 Å². The van der Waals surface area contributed by atoms with Gasteiger partial charge in [-0.2, -0.15) is 0 Å². The molecule has 7 N–H and O–H groups in total. The van der Waals surface area contributed by atoms with Crippen molar-refractivity contribution in [3.63, 3.8) is 0 Å². The average Bonchev–Trinajstić information content (AvgIpc) is 3.08. The molecule has 0 spiro atoms. The second-order valence-electron chi connectivity index (χ2n) is 14.9. The second-order valence-corrected chi connectivity index (χ2v) is 14.9. The Morgan fingerprint density at radius 3 is 1.85 bits per heavy atom. The molecule has 0 aliphatic heterocycles. The minimum absolute atomic E-state index is 0.0137. The van der Waals surface area contributed by atoms with E-state index in [4.69, 9.17) is 9.52 Å². The number of carboxylic acids is 1. The lowest BCUT2D eigenvalue weighted by molar-refractivity contribution is -0.139. The first-order chi connectivity index (χ1) is 25.8. The Kier molecular flexibility index (Phi) is 16.0. The molecular weight excluding hydrogens is 710 g/mol. The van der Waals surface area contributed by atoms with Gasteiger partial charge in [0.15, 0.2) is 0 Å². The predicted molar refractivity (Wildman–Crippen MR) is 206 cm³/mol. The van der Waals surface area contributed by atoms with E-state index in [1.807, 2.05) is 27.7 Å². The van der Waals surface area contributed by atoms with Gasteiger partial charge in [0.2, 0.25) is 29.5 Å². The molecule has 1 aromatic heterocycles.